The third-order valence-electron chi connectivity index (χ3n) is 5.19. The van der Waals surface area contributed by atoms with Gasteiger partial charge in [-0.3, -0.25) is 19.2 Å². The molecule has 29 heavy (non-hydrogen) atoms. The van der Waals surface area contributed by atoms with Crippen LogP contribution in [0.4, 0.5) is 0 Å². The summed E-state index contributed by atoms with van der Waals surface area (Å²) >= 11 is 5.72. The average molecular weight is 430 g/mol. The van der Waals surface area contributed by atoms with Gasteiger partial charge >= 0.3 is 0 Å². The van der Waals surface area contributed by atoms with Gasteiger partial charge in [-0.2, -0.15) is 0 Å². The number of alkyl halides is 1. The summed E-state index contributed by atoms with van der Waals surface area (Å²) in [5, 5.41) is 8.24. The summed E-state index contributed by atoms with van der Waals surface area (Å²) in [5.74, 6) is -1.83. The van der Waals surface area contributed by atoms with Crippen molar-refractivity contribution in [2.45, 2.75) is 71.1 Å². The second kappa shape index (κ2) is 10.4. The maximum atomic E-state index is 13.0. The molecule has 2 heterocycles. The topological polar surface area (TPSA) is 114 Å². The molecule has 0 aliphatic carbocycles. The van der Waals surface area contributed by atoms with Crippen molar-refractivity contribution >= 4 is 35.1 Å². The van der Waals surface area contributed by atoms with Gasteiger partial charge in [0.25, 0.3) is 0 Å². The molecule has 2 aliphatic heterocycles. The standard InChI is InChI=1S/C20H32ClN3O5/c1-20(2,3)10-14(24-19(28)16-5-4-8-29-16)18(27)23-13(15(25)11-21)9-12-6-7-22-17(12)26/h12-14,16H,4-11H2,1-3H3,(H,22,26)(H,23,27)(H,24,28)/t12-,13-,14-,16+/m0/s1. The Morgan fingerprint density at radius 1 is 1.21 bits per heavy atom. The van der Waals surface area contributed by atoms with Crippen LogP contribution in [0.1, 0.15) is 52.9 Å². The zero-order chi connectivity index (χ0) is 21.6. The minimum atomic E-state index is -0.865. The fourth-order valence-electron chi connectivity index (χ4n) is 3.66. The van der Waals surface area contributed by atoms with Gasteiger partial charge in [-0.1, -0.05) is 20.8 Å². The molecule has 164 valence electrons. The van der Waals surface area contributed by atoms with E-state index in [0.717, 1.165) is 6.42 Å². The zero-order valence-corrected chi connectivity index (χ0v) is 18.1. The molecular weight excluding hydrogens is 398 g/mol. The van der Waals surface area contributed by atoms with E-state index in [1.165, 1.54) is 0 Å². The Bertz CT molecular complexity index is 628. The van der Waals surface area contributed by atoms with Crippen molar-refractivity contribution in [3.05, 3.63) is 0 Å². The van der Waals surface area contributed by atoms with Crippen LogP contribution in [0.3, 0.4) is 0 Å². The van der Waals surface area contributed by atoms with Gasteiger partial charge in [0.05, 0.1) is 11.9 Å². The van der Waals surface area contributed by atoms with Crippen molar-refractivity contribution in [3.8, 4) is 0 Å². The minimum Gasteiger partial charge on any atom is -0.368 e. The van der Waals surface area contributed by atoms with E-state index in [4.69, 9.17) is 16.3 Å². The molecule has 0 unspecified atom stereocenters. The monoisotopic (exact) mass is 429 g/mol. The van der Waals surface area contributed by atoms with Crippen LogP contribution >= 0.6 is 11.6 Å². The minimum absolute atomic E-state index is 0.121. The second-order valence-corrected chi connectivity index (χ2v) is 9.27. The first kappa shape index (κ1) is 23.6. The molecule has 0 aromatic heterocycles. The van der Waals surface area contributed by atoms with E-state index in [1.54, 1.807) is 0 Å². The highest BCUT2D eigenvalue weighted by molar-refractivity contribution is 6.28. The van der Waals surface area contributed by atoms with Gasteiger partial charge in [-0.05, 0) is 37.5 Å². The van der Waals surface area contributed by atoms with Crippen LogP contribution in [0, 0.1) is 11.3 Å². The zero-order valence-electron chi connectivity index (χ0n) is 17.4. The first-order chi connectivity index (χ1) is 13.6. The molecule has 2 aliphatic rings. The number of hydrogen-bond donors (Lipinski definition) is 3. The lowest BCUT2D eigenvalue weighted by Gasteiger charge is -2.29. The van der Waals surface area contributed by atoms with Crippen LogP contribution in [-0.4, -0.2) is 60.7 Å². The molecule has 2 saturated heterocycles. The predicted molar refractivity (Wildman–Crippen MR) is 108 cm³/mol. The molecule has 9 heteroatoms. The van der Waals surface area contributed by atoms with Gasteiger partial charge in [-0.15, -0.1) is 11.6 Å². The maximum Gasteiger partial charge on any atom is 0.249 e. The third-order valence-corrected chi connectivity index (χ3v) is 5.45. The Morgan fingerprint density at radius 2 is 1.93 bits per heavy atom. The quantitative estimate of drug-likeness (QED) is 0.471. The second-order valence-electron chi connectivity index (χ2n) is 9.00. The Labute approximate surface area is 176 Å². The van der Waals surface area contributed by atoms with E-state index in [9.17, 15) is 19.2 Å². The SMILES string of the molecule is CC(C)(C)C[C@H](NC(=O)[C@H]1CCCO1)C(=O)N[C@@H](C[C@@H]1CCNC1=O)C(=O)CCl. The number of carbonyl (C=O) groups is 4. The molecule has 0 aromatic rings. The van der Waals surface area contributed by atoms with Crippen LogP contribution in [-0.2, 0) is 23.9 Å². The third kappa shape index (κ3) is 7.26. The van der Waals surface area contributed by atoms with E-state index in [0.29, 0.717) is 32.4 Å². The first-order valence-electron chi connectivity index (χ1n) is 10.2. The van der Waals surface area contributed by atoms with E-state index >= 15 is 0 Å². The molecule has 2 fully saturated rings. The number of ether oxygens (including phenoxy) is 1. The normalized spacial score (nSPS) is 23.9. The van der Waals surface area contributed by atoms with Gasteiger partial charge in [-0.25, -0.2) is 0 Å². The fourth-order valence-corrected chi connectivity index (χ4v) is 3.85. The molecule has 2 rings (SSSR count). The Morgan fingerprint density at radius 3 is 2.45 bits per heavy atom. The number of rotatable bonds is 9. The summed E-state index contributed by atoms with van der Waals surface area (Å²) in [6, 6.07) is -1.68. The Balaban J connectivity index is 2.08. The van der Waals surface area contributed by atoms with Crippen molar-refractivity contribution in [1.82, 2.24) is 16.0 Å². The number of amides is 3. The molecule has 3 amide bonds. The first-order valence-corrected chi connectivity index (χ1v) is 10.7. The van der Waals surface area contributed by atoms with E-state index in [2.05, 4.69) is 16.0 Å². The number of Topliss-reactive ketones (excluding diaryl/α,β-unsaturated/α-hetero) is 1. The van der Waals surface area contributed by atoms with Gasteiger partial charge in [0.15, 0.2) is 5.78 Å². The van der Waals surface area contributed by atoms with Gasteiger partial charge in [0, 0.05) is 19.1 Å². The van der Waals surface area contributed by atoms with Crippen molar-refractivity contribution < 1.29 is 23.9 Å². The molecule has 8 nitrogen and oxygen atoms in total. The lowest BCUT2D eigenvalue weighted by Crippen LogP contribution is -2.54. The highest BCUT2D eigenvalue weighted by Crippen LogP contribution is 2.22. The molecule has 0 spiro atoms. The van der Waals surface area contributed by atoms with Crippen LogP contribution in [0.5, 0.6) is 0 Å². The van der Waals surface area contributed by atoms with Crippen LogP contribution < -0.4 is 16.0 Å². The van der Waals surface area contributed by atoms with E-state index < -0.39 is 24.1 Å². The molecule has 0 saturated carbocycles. The van der Waals surface area contributed by atoms with Crippen molar-refractivity contribution in [2.24, 2.45) is 11.3 Å². The van der Waals surface area contributed by atoms with Gasteiger partial charge < -0.3 is 20.7 Å². The smallest absolute Gasteiger partial charge is 0.249 e. The van der Waals surface area contributed by atoms with E-state index in [1.807, 2.05) is 20.8 Å². The molecule has 3 N–H and O–H groups in total. The summed E-state index contributed by atoms with van der Waals surface area (Å²) < 4.78 is 5.40. The van der Waals surface area contributed by atoms with Crippen LogP contribution in [0.15, 0.2) is 0 Å². The fraction of sp³-hybridized carbons (Fsp3) is 0.800. The Kier molecular flexibility index (Phi) is 8.46. The van der Waals surface area contributed by atoms with Crippen LogP contribution in [0.25, 0.3) is 0 Å². The molecule has 0 bridgehead atoms. The number of halogens is 1. The molecule has 0 radical (unpaired) electrons. The number of hydrogen-bond acceptors (Lipinski definition) is 5. The number of nitrogens with one attached hydrogen (secondary N) is 3. The van der Waals surface area contributed by atoms with Crippen LogP contribution in [0.2, 0.25) is 0 Å². The summed E-state index contributed by atoms with van der Waals surface area (Å²) in [6.45, 7) is 6.99. The summed E-state index contributed by atoms with van der Waals surface area (Å²) in [6.07, 6.45) is 2.09. The number of carbonyl (C=O) groups excluding carboxylic acids is 4. The van der Waals surface area contributed by atoms with Gasteiger partial charge in [0.2, 0.25) is 17.7 Å². The summed E-state index contributed by atoms with van der Waals surface area (Å²) in [7, 11) is 0. The summed E-state index contributed by atoms with van der Waals surface area (Å²) in [4.78, 5) is 49.7. The average Bonchev–Trinajstić information content (AvgIpc) is 3.31. The molecule has 0 aromatic carbocycles. The van der Waals surface area contributed by atoms with Crippen molar-refractivity contribution in [1.29, 1.82) is 0 Å². The lowest BCUT2D eigenvalue weighted by atomic mass is 9.87. The van der Waals surface area contributed by atoms with Crippen molar-refractivity contribution in [3.63, 3.8) is 0 Å². The van der Waals surface area contributed by atoms with Crippen molar-refractivity contribution in [2.75, 3.05) is 19.0 Å². The molecular formula is C20H32ClN3O5. The van der Waals surface area contributed by atoms with E-state index in [-0.39, 0.29) is 41.2 Å². The lowest BCUT2D eigenvalue weighted by molar-refractivity contribution is -0.136. The predicted octanol–water partition coefficient (Wildman–Crippen LogP) is 0.905. The van der Waals surface area contributed by atoms with Gasteiger partial charge in [0.1, 0.15) is 12.1 Å². The molecule has 4 atom stereocenters. The largest absolute Gasteiger partial charge is 0.368 e. The highest BCUT2D eigenvalue weighted by Gasteiger charge is 2.35. The number of ketones is 1. The Hall–Kier alpha value is -1.67. The highest BCUT2D eigenvalue weighted by atomic mass is 35.5. The maximum absolute atomic E-state index is 13.0. The summed E-state index contributed by atoms with van der Waals surface area (Å²) in [5.41, 5.74) is -0.233.